The van der Waals surface area contributed by atoms with Crippen LogP contribution in [0.5, 0.6) is 0 Å². The number of hydrogen-bond acceptors (Lipinski definition) is 8. The number of benzene rings is 1. The molecule has 0 unspecified atom stereocenters. The number of carbonyl (C=O) groups excluding carboxylic acids is 1. The van der Waals surface area contributed by atoms with Crippen LogP contribution in [0.4, 0.5) is 27.9 Å². The third kappa shape index (κ3) is 3.88. The van der Waals surface area contributed by atoms with Crippen LogP contribution in [0.15, 0.2) is 36.5 Å². The summed E-state index contributed by atoms with van der Waals surface area (Å²) < 4.78 is 5.01. The molecule has 2 fully saturated rings. The molecule has 0 bridgehead atoms. The first-order chi connectivity index (χ1) is 15.6. The van der Waals surface area contributed by atoms with E-state index in [-0.39, 0.29) is 0 Å². The highest BCUT2D eigenvalue weighted by atomic mass is 16.6. The van der Waals surface area contributed by atoms with E-state index in [4.69, 9.17) is 11.2 Å². The zero-order valence-electron chi connectivity index (χ0n) is 17.8. The Kier molecular flexibility index (Phi) is 5.21. The molecule has 2 aromatic heterocycles. The second-order valence-corrected chi connectivity index (χ2v) is 7.83. The van der Waals surface area contributed by atoms with Crippen molar-refractivity contribution in [3.05, 3.63) is 42.1 Å². The van der Waals surface area contributed by atoms with Gasteiger partial charge >= 0.3 is 6.09 Å². The summed E-state index contributed by atoms with van der Waals surface area (Å²) in [7, 11) is 2.15. The third-order valence-electron chi connectivity index (χ3n) is 5.74. The van der Waals surface area contributed by atoms with E-state index in [1.165, 1.54) is 10.6 Å². The van der Waals surface area contributed by atoms with E-state index in [9.17, 15) is 4.79 Å². The van der Waals surface area contributed by atoms with Gasteiger partial charge in [-0.05, 0) is 37.4 Å². The molecule has 9 heteroatoms. The van der Waals surface area contributed by atoms with Crippen molar-refractivity contribution >= 4 is 40.3 Å². The fourth-order valence-corrected chi connectivity index (χ4v) is 3.86. The van der Waals surface area contributed by atoms with Crippen molar-refractivity contribution in [1.82, 2.24) is 19.9 Å². The van der Waals surface area contributed by atoms with E-state index in [0.29, 0.717) is 41.5 Å². The summed E-state index contributed by atoms with van der Waals surface area (Å²) in [5.74, 6) is 3.46. The number of terminal acetylenes is 1. The number of piperazine rings is 1. The molecule has 1 N–H and O–H groups in total. The minimum absolute atomic E-state index is 0.324. The fourth-order valence-electron chi connectivity index (χ4n) is 3.86. The molecule has 2 saturated heterocycles. The maximum absolute atomic E-state index is 11.9. The van der Waals surface area contributed by atoms with Crippen LogP contribution in [0.25, 0.3) is 11.0 Å². The number of nitrogens with zero attached hydrogens (tertiary/aromatic N) is 6. The number of ether oxygens (including phenoxy) is 1. The van der Waals surface area contributed by atoms with Gasteiger partial charge in [-0.2, -0.15) is 4.98 Å². The van der Waals surface area contributed by atoms with Gasteiger partial charge in [0.1, 0.15) is 12.4 Å². The minimum Gasteiger partial charge on any atom is -0.447 e. The lowest BCUT2D eigenvalue weighted by Gasteiger charge is -2.34. The van der Waals surface area contributed by atoms with Crippen LogP contribution in [-0.2, 0) is 4.74 Å². The molecule has 0 atom stereocenters. The van der Waals surface area contributed by atoms with Gasteiger partial charge in [0.05, 0.1) is 11.9 Å². The molecule has 4 heterocycles. The maximum Gasteiger partial charge on any atom is 0.415 e. The molecule has 5 rings (SSSR count). The lowest BCUT2D eigenvalue weighted by Crippen LogP contribution is -2.44. The molecule has 0 aliphatic carbocycles. The number of cyclic esters (lactones) is 1. The van der Waals surface area contributed by atoms with Crippen LogP contribution in [0.3, 0.4) is 0 Å². The van der Waals surface area contributed by atoms with Gasteiger partial charge in [0.2, 0.25) is 5.95 Å². The van der Waals surface area contributed by atoms with E-state index >= 15 is 0 Å². The number of hydrogen-bond donors (Lipinski definition) is 1. The molecule has 2 aliphatic heterocycles. The first kappa shape index (κ1) is 20.0. The predicted molar refractivity (Wildman–Crippen MR) is 123 cm³/mol. The molecular weight excluding hydrogens is 406 g/mol. The standard InChI is InChI=1S/C23H23N7O2/c1-3-16-14-20(30-12-13-32-23(30)31)26-21-19(16)15-24-22(27-21)25-17-4-6-18(7-5-17)29-10-8-28(2)9-11-29/h1,4-7,14-15H,8-13H2,2H3,(H,24,25,26,27). The Bertz CT molecular complexity index is 1200. The lowest BCUT2D eigenvalue weighted by atomic mass is 10.2. The molecule has 162 valence electrons. The predicted octanol–water partition coefficient (Wildman–Crippen LogP) is 2.46. The lowest BCUT2D eigenvalue weighted by molar-refractivity contribution is 0.181. The molecule has 0 spiro atoms. The Labute approximate surface area is 186 Å². The van der Waals surface area contributed by atoms with Crippen LogP contribution in [0.1, 0.15) is 5.56 Å². The van der Waals surface area contributed by atoms with Crippen LogP contribution in [0.2, 0.25) is 0 Å². The zero-order valence-corrected chi connectivity index (χ0v) is 17.8. The zero-order chi connectivity index (χ0) is 22.1. The normalized spacial score (nSPS) is 16.8. The van der Waals surface area contributed by atoms with Gasteiger partial charge in [-0.3, -0.25) is 4.90 Å². The Morgan fingerprint density at radius 2 is 1.88 bits per heavy atom. The van der Waals surface area contributed by atoms with Crippen LogP contribution in [-0.4, -0.2) is 72.3 Å². The SMILES string of the molecule is C#Cc1cc(N2CCOC2=O)nc2nc(Nc3ccc(N4CCN(C)CC4)cc3)ncc12. The van der Waals surface area contributed by atoms with E-state index < -0.39 is 6.09 Å². The first-order valence-electron chi connectivity index (χ1n) is 10.5. The van der Waals surface area contributed by atoms with Gasteiger partial charge in [-0.25, -0.2) is 14.8 Å². The Morgan fingerprint density at radius 3 is 2.56 bits per heavy atom. The summed E-state index contributed by atoms with van der Waals surface area (Å²) >= 11 is 0. The highest BCUT2D eigenvalue weighted by Gasteiger charge is 2.26. The first-order valence-corrected chi connectivity index (χ1v) is 10.5. The molecule has 1 aromatic carbocycles. The van der Waals surface area contributed by atoms with Gasteiger partial charge in [0.15, 0.2) is 5.65 Å². The molecular formula is C23H23N7O2. The number of rotatable bonds is 4. The van der Waals surface area contributed by atoms with Crippen LogP contribution >= 0.6 is 0 Å². The second-order valence-electron chi connectivity index (χ2n) is 7.83. The number of amides is 1. The smallest absolute Gasteiger partial charge is 0.415 e. The van der Waals surface area contributed by atoms with Crippen LogP contribution < -0.4 is 15.1 Å². The summed E-state index contributed by atoms with van der Waals surface area (Å²) in [5.41, 5.74) is 3.07. The van der Waals surface area contributed by atoms with E-state index in [1.54, 1.807) is 12.3 Å². The number of likely N-dealkylation sites (N-methyl/N-ethyl adjacent to an activating group) is 1. The summed E-state index contributed by atoms with van der Waals surface area (Å²) in [4.78, 5) is 31.6. The number of anilines is 4. The summed E-state index contributed by atoms with van der Waals surface area (Å²) in [6, 6.07) is 9.90. The molecule has 3 aromatic rings. The average molecular weight is 429 g/mol. The Hall–Kier alpha value is -3.90. The number of pyridine rings is 1. The van der Waals surface area contributed by atoms with Gasteiger partial charge in [-0.15, -0.1) is 6.42 Å². The van der Waals surface area contributed by atoms with Crippen molar-refractivity contribution < 1.29 is 9.53 Å². The molecule has 32 heavy (non-hydrogen) atoms. The van der Waals surface area contributed by atoms with Crippen molar-refractivity contribution in [2.24, 2.45) is 0 Å². The number of fused-ring (bicyclic) bond motifs is 1. The second kappa shape index (κ2) is 8.32. The van der Waals surface area contributed by atoms with Crippen molar-refractivity contribution in [2.75, 3.05) is 61.5 Å². The number of nitrogens with one attached hydrogen (secondary N) is 1. The quantitative estimate of drug-likeness (QED) is 0.633. The van der Waals surface area contributed by atoms with Crippen LogP contribution in [0, 0.1) is 12.3 Å². The highest BCUT2D eigenvalue weighted by Crippen LogP contribution is 2.25. The van der Waals surface area contributed by atoms with Gasteiger partial charge in [-0.1, -0.05) is 5.92 Å². The van der Waals surface area contributed by atoms with E-state index in [2.05, 4.69) is 55.2 Å². The topological polar surface area (TPSA) is 86.7 Å². The van der Waals surface area contributed by atoms with Crippen molar-refractivity contribution in [1.29, 1.82) is 0 Å². The number of aromatic nitrogens is 3. The number of carbonyl (C=O) groups is 1. The van der Waals surface area contributed by atoms with Crippen molar-refractivity contribution in [3.8, 4) is 12.3 Å². The summed E-state index contributed by atoms with van der Waals surface area (Å²) in [6.07, 6.45) is 6.89. The van der Waals surface area contributed by atoms with Gasteiger partial charge < -0.3 is 19.9 Å². The maximum atomic E-state index is 11.9. The Morgan fingerprint density at radius 1 is 1.09 bits per heavy atom. The van der Waals surface area contributed by atoms with Gasteiger partial charge in [0, 0.05) is 49.3 Å². The largest absolute Gasteiger partial charge is 0.447 e. The minimum atomic E-state index is -0.437. The molecule has 0 saturated carbocycles. The van der Waals surface area contributed by atoms with E-state index in [1.807, 2.05) is 12.1 Å². The summed E-state index contributed by atoms with van der Waals surface area (Å²) in [5, 5.41) is 3.88. The van der Waals surface area contributed by atoms with Gasteiger partial charge in [0.25, 0.3) is 0 Å². The molecule has 2 aliphatic rings. The Balaban J connectivity index is 1.38. The van der Waals surface area contributed by atoms with Crippen molar-refractivity contribution in [2.45, 2.75) is 0 Å². The molecule has 0 radical (unpaired) electrons. The van der Waals surface area contributed by atoms with E-state index in [0.717, 1.165) is 31.9 Å². The molecule has 9 nitrogen and oxygen atoms in total. The highest BCUT2D eigenvalue weighted by molar-refractivity contribution is 5.91. The van der Waals surface area contributed by atoms with Crippen molar-refractivity contribution in [3.63, 3.8) is 0 Å². The average Bonchev–Trinajstić information content (AvgIpc) is 3.25. The third-order valence-corrected chi connectivity index (χ3v) is 5.74. The molecule has 1 amide bonds. The fraction of sp³-hybridized carbons (Fsp3) is 0.304. The summed E-state index contributed by atoms with van der Waals surface area (Å²) in [6.45, 7) is 4.92. The monoisotopic (exact) mass is 429 g/mol.